The second-order valence-electron chi connectivity index (χ2n) is 15.0. The van der Waals surface area contributed by atoms with Crippen LogP contribution in [0.3, 0.4) is 0 Å². The van der Waals surface area contributed by atoms with E-state index in [4.69, 9.17) is 9.97 Å². The van der Waals surface area contributed by atoms with Crippen LogP contribution in [-0.2, 0) is 0 Å². The number of aromatic nitrogens is 4. The summed E-state index contributed by atoms with van der Waals surface area (Å²) in [7, 11) is 0. The lowest BCUT2D eigenvalue weighted by molar-refractivity contribution is 0.982. The number of benzene rings is 9. The Hall–Kier alpha value is -8.02. The van der Waals surface area contributed by atoms with E-state index in [0.29, 0.717) is 0 Å². The summed E-state index contributed by atoms with van der Waals surface area (Å²) in [5.41, 5.74) is 14.0. The minimum atomic E-state index is 0.818. The van der Waals surface area contributed by atoms with Crippen molar-refractivity contribution in [1.82, 2.24) is 18.9 Å². The van der Waals surface area contributed by atoms with Gasteiger partial charge in [0.2, 0.25) is 5.95 Å². The van der Waals surface area contributed by atoms with Crippen molar-refractivity contribution < 1.29 is 0 Å². The van der Waals surface area contributed by atoms with Crippen LogP contribution < -0.4 is 4.90 Å². The van der Waals surface area contributed by atoms with Gasteiger partial charge >= 0.3 is 0 Å². The minimum Gasteiger partial charge on any atom is -0.311 e. The lowest BCUT2D eigenvalue weighted by atomic mass is 9.95. The largest absolute Gasteiger partial charge is 0.311 e. The Morgan fingerprint density at radius 3 is 1.61 bits per heavy atom. The summed E-state index contributed by atoms with van der Waals surface area (Å²) in [5, 5.41) is 5.72. The van der Waals surface area contributed by atoms with Gasteiger partial charge in [0.1, 0.15) is 5.65 Å². The maximum Gasteiger partial charge on any atom is 0.221 e. The quantitative estimate of drug-likeness (QED) is 0.170. The molecule has 5 heteroatoms. The SMILES string of the molecule is c1ccc(-c2ccc(N(c3ccccc3)c3ccc(-c4cc5c6ccccc6n(-c6nc7ccccc7c7nc8ccccc8n67)c5c5ccccc45)cc3)cc2)cc1. The van der Waals surface area contributed by atoms with Gasteiger partial charge in [-0.05, 0) is 100 Å². The maximum atomic E-state index is 5.43. The number of imidazole rings is 1. The molecule has 0 unspecified atom stereocenters. The van der Waals surface area contributed by atoms with Crippen molar-refractivity contribution in [3.8, 4) is 28.2 Å². The van der Waals surface area contributed by atoms with E-state index in [1.165, 1.54) is 32.8 Å². The molecule has 3 heterocycles. The van der Waals surface area contributed by atoms with Crippen molar-refractivity contribution in [2.75, 3.05) is 4.90 Å². The van der Waals surface area contributed by atoms with E-state index in [9.17, 15) is 0 Å². The first-order valence-electron chi connectivity index (χ1n) is 20.0. The molecule has 0 radical (unpaired) electrons. The van der Waals surface area contributed by atoms with E-state index in [-0.39, 0.29) is 0 Å². The molecular formula is C54H35N5. The summed E-state index contributed by atoms with van der Waals surface area (Å²) in [5.74, 6) is 0.818. The third-order valence-electron chi connectivity index (χ3n) is 11.7. The summed E-state index contributed by atoms with van der Waals surface area (Å²) < 4.78 is 4.59. The average Bonchev–Trinajstić information content (AvgIpc) is 3.87. The summed E-state index contributed by atoms with van der Waals surface area (Å²) >= 11 is 0. The van der Waals surface area contributed by atoms with Gasteiger partial charge in [-0.1, -0.05) is 140 Å². The van der Waals surface area contributed by atoms with Crippen molar-refractivity contribution in [3.63, 3.8) is 0 Å². The molecule has 0 N–H and O–H groups in total. The normalized spacial score (nSPS) is 11.7. The molecule has 276 valence electrons. The van der Waals surface area contributed by atoms with Gasteiger partial charge in [-0.25, -0.2) is 9.97 Å². The molecule has 0 saturated heterocycles. The number of rotatable bonds is 6. The van der Waals surface area contributed by atoms with Crippen LogP contribution in [0, 0.1) is 0 Å². The fraction of sp³-hybridized carbons (Fsp3) is 0. The molecule has 59 heavy (non-hydrogen) atoms. The van der Waals surface area contributed by atoms with Crippen LogP contribution in [0.15, 0.2) is 212 Å². The molecule has 0 amide bonds. The van der Waals surface area contributed by atoms with Crippen LogP contribution in [0.1, 0.15) is 0 Å². The van der Waals surface area contributed by atoms with Crippen LogP contribution in [0.2, 0.25) is 0 Å². The summed E-state index contributed by atoms with van der Waals surface area (Å²) in [6, 6.07) is 75.6. The molecule has 12 rings (SSSR count). The molecule has 0 fully saturated rings. The topological polar surface area (TPSA) is 38.4 Å². The van der Waals surface area contributed by atoms with Gasteiger partial charge < -0.3 is 4.90 Å². The van der Waals surface area contributed by atoms with E-state index in [0.717, 1.165) is 72.6 Å². The smallest absolute Gasteiger partial charge is 0.221 e. The molecule has 0 atom stereocenters. The Balaban J connectivity index is 1.05. The molecule has 0 spiro atoms. The molecule has 3 aromatic heterocycles. The first-order valence-corrected chi connectivity index (χ1v) is 20.0. The lowest BCUT2D eigenvalue weighted by Crippen LogP contribution is -2.09. The Morgan fingerprint density at radius 1 is 0.356 bits per heavy atom. The molecular weight excluding hydrogens is 719 g/mol. The van der Waals surface area contributed by atoms with Crippen molar-refractivity contribution >= 4 is 77.2 Å². The predicted octanol–water partition coefficient (Wildman–Crippen LogP) is 14.1. The van der Waals surface area contributed by atoms with Gasteiger partial charge in [0.05, 0.1) is 27.6 Å². The minimum absolute atomic E-state index is 0.818. The zero-order chi connectivity index (χ0) is 38.9. The van der Waals surface area contributed by atoms with E-state index < -0.39 is 0 Å². The van der Waals surface area contributed by atoms with Gasteiger partial charge in [-0.3, -0.25) is 8.97 Å². The first kappa shape index (κ1) is 33.2. The van der Waals surface area contributed by atoms with Crippen molar-refractivity contribution in [1.29, 1.82) is 0 Å². The molecule has 12 aromatic rings. The van der Waals surface area contributed by atoms with Gasteiger partial charge in [0, 0.05) is 38.6 Å². The van der Waals surface area contributed by atoms with E-state index in [2.05, 4.69) is 226 Å². The standard InChI is InChI=1S/C54H35N5/c1-3-15-36(16-4-1)37-27-31-40(32-28-37)57(39-17-5-2-6-18-39)41-33-29-38(30-34-41)46-35-47-43-20-10-13-25-50(43)58(52(47)44-21-8-7-19-42(44)46)54-56-48-23-11-9-22-45(48)53-55-49-24-12-14-26-51(49)59(53)54/h1-35H. The Morgan fingerprint density at radius 2 is 0.881 bits per heavy atom. The Labute approximate surface area is 340 Å². The average molecular weight is 754 g/mol. The van der Waals surface area contributed by atoms with E-state index in [1.807, 2.05) is 0 Å². The second-order valence-corrected chi connectivity index (χ2v) is 15.0. The number of nitrogens with zero attached hydrogens (tertiary/aromatic N) is 5. The van der Waals surface area contributed by atoms with E-state index in [1.54, 1.807) is 0 Å². The predicted molar refractivity (Wildman–Crippen MR) is 245 cm³/mol. The van der Waals surface area contributed by atoms with Gasteiger partial charge in [0.25, 0.3) is 0 Å². The van der Waals surface area contributed by atoms with Crippen molar-refractivity contribution in [2.24, 2.45) is 0 Å². The van der Waals surface area contributed by atoms with Crippen LogP contribution in [0.25, 0.3) is 88.4 Å². The van der Waals surface area contributed by atoms with Crippen molar-refractivity contribution in [2.45, 2.75) is 0 Å². The van der Waals surface area contributed by atoms with Crippen LogP contribution in [0.4, 0.5) is 17.1 Å². The third kappa shape index (κ3) is 5.25. The maximum absolute atomic E-state index is 5.43. The second kappa shape index (κ2) is 13.3. The molecule has 0 bridgehead atoms. The highest BCUT2D eigenvalue weighted by Gasteiger charge is 2.23. The van der Waals surface area contributed by atoms with E-state index >= 15 is 0 Å². The van der Waals surface area contributed by atoms with Crippen LogP contribution in [-0.4, -0.2) is 18.9 Å². The number of fused-ring (bicyclic) bond motifs is 10. The number of anilines is 3. The van der Waals surface area contributed by atoms with Gasteiger partial charge in [0.15, 0.2) is 0 Å². The van der Waals surface area contributed by atoms with Crippen LogP contribution in [0.5, 0.6) is 0 Å². The van der Waals surface area contributed by atoms with Gasteiger partial charge in [-0.15, -0.1) is 0 Å². The Kier molecular flexibility index (Phi) is 7.47. The lowest BCUT2D eigenvalue weighted by Gasteiger charge is -2.26. The zero-order valence-corrected chi connectivity index (χ0v) is 31.9. The summed E-state index contributed by atoms with van der Waals surface area (Å²) in [4.78, 5) is 12.9. The Bertz CT molecular complexity index is 3530. The highest BCUT2D eigenvalue weighted by atomic mass is 15.2. The molecule has 5 nitrogen and oxygen atoms in total. The molecule has 9 aromatic carbocycles. The summed E-state index contributed by atoms with van der Waals surface area (Å²) in [6.07, 6.45) is 0. The first-order chi connectivity index (χ1) is 29.3. The van der Waals surface area contributed by atoms with Gasteiger partial charge in [-0.2, -0.15) is 0 Å². The monoisotopic (exact) mass is 753 g/mol. The van der Waals surface area contributed by atoms with Crippen molar-refractivity contribution in [3.05, 3.63) is 212 Å². The molecule has 0 saturated carbocycles. The van der Waals surface area contributed by atoms with Crippen LogP contribution >= 0.6 is 0 Å². The summed E-state index contributed by atoms with van der Waals surface area (Å²) in [6.45, 7) is 0. The number of para-hydroxylation sites is 5. The number of hydrogen-bond donors (Lipinski definition) is 0. The zero-order valence-electron chi connectivity index (χ0n) is 31.9. The number of hydrogen-bond acceptors (Lipinski definition) is 3. The molecule has 0 aliphatic carbocycles. The fourth-order valence-corrected chi connectivity index (χ4v) is 8.99. The fourth-order valence-electron chi connectivity index (χ4n) is 8.99. The molecule has 0 aliphatic rings. The molecule has 0 aliphatic heterocycles. The third-order valence-corrected chi connectivity index (χ3v) is 11.7. The highest BCUT2D eigenvalue weighted by Crippen LogP contribution is 2.43. The highest BCUT2D eigenvalue weighted by molar-refractivity contribution is 6.22.